The lowest BCUT2D eigenvalue weighted by Gasteiger charge is -2.70. The molecule has 0 aromatic heterocycles. The molecular weight excluding hydrogens is 572 g/mol. The summed E-state index contributed by atoms with van der Waals surface area (Å²) in [6.45, 7) is 17.6. The zero-order valence-corrected chi connectivity index (χ0v) is 29.6. The number of ketones is 1. The molecule has 0 N–H and O–H groups in total. The van der Waals surface area contributed by atoms with Crippen LogP contribution in [-0.2, 0) is 30.5 Å². The Morgan fingerprint density at radius 3 is 2.20 bits per heavy atom. The summed E-state index contributed by atoms with van der Waals surface area (Å²) in [5, 5.41) is 0. The van der Waals surface area contributed by atoms with E-state index in [4.69, 9.17) is 9.47 Å². The average molecular weight is 631 g/mol. The molecule has 5 aliphatic rings. The van der Waals surface area contributed by atoms with Gasteiger partial charge in [-0.1, -0.05) is 90.4 Å². The highest BCUT2D eigenvalue weighted by Gasteiger charge is 2.68. The smallest absolute Gasteiger partial charge is 0.306 e. The Labute approximate surface area is 277 Å². The van der Waals surface area contributed by atoms with Crippen LogP contribution in [0.4, 0.5) is 0 Å². The van der Waals surface area contributed by atoms with Crippen LogP contribution in [0.2, 0.25) is 0 Å². The molecule has 1 aromatic carbocycles. The molecule has 0 amide bonds. The summed E-state index contributed by atoms with van der Waals surface area (Å²) < 4.78 is 11.5. The molecule has 5 nitrogen and oxygen atoms in total. The molecule has 46 heavy (non-hydrogen) atoms. The zero-order valence-electron chi connectivity index (χ0n) is 29.6. The standard InChI is InChI=1S/C41H58O5/c1-36(2)21-23-41(27-46-35(44)16-15-34(43)45-26-28-11-9-8-10-12-28)24-22-39(6)29(30(41)25-36)13-14-32-38(5)19-18-33(42)37(3,4)31(38)17-20-40(32,39)7/h8-13,30-32H,14-27H2,1-7H3/t30-,31-,32?,38-,39+,40+,41+/m0/s1. The molecule has 5 heteroatoms. The van der Waals surface area contributed by atoms with E-state index in [1.54, 1.807) is 5.57 Å². The summed E-state index contributed by atoms with van der Waals surface area (Å²) in [6, 6.07) is 9.61. The Morgan fingerprint density at radius 2 is 1.48 bits per heavy atom. The molecule has 5 aliphatic carbocycles. The predicted octanol–water partition coefficient (Wildman–Crippen LogP) is 9.42. The van der Waals surface area contributed by atoms with Gasteiger partial charge in [0, 0.05) is 17.3 Å². The first kappa shape index (κ1) is 33.5. The lowest BCUT2D eigenvalue weighted by Crippen LogP contribution is -2.64. The van der Waals surface area contributed by atoms with E-state index in [1.165, 1.54) is 6.42 Å². The molecule has 6 rings (SSSR count). The van der Waals surface area contributed by atoms with E-state index in [9.17, 15) is 14.4 Å². The second-order valence-electron chi connectivity index (χ2n) is 18.0. The quantitative estimate of drug-likeness (QED) is 0.222. The highest BCUT2D eigenvalue weighted by atomic mass is 16.5. The molecule has 4 fully saturated rings. The van der Waals surface area contributed by atoms with Crippen LogP contribution in [0.25, 0.3) is 0 Å². The second-order valence-corrected chi connectivity index (χ2v) is 18.0. The third kappa shape index (κ3) is 5.40. The normalized spacial score (nSPS) is 39.1. The number of rotatable bonds is 7. The Morgan fingerprint density at radius 1 is 0.804 bits per heavy atom. The van der Waals surface area contributed by atoms with E-state index < -0.39 is 0 Å². The van der Waals surface area contributed by atoms with Crippen LogP contribution >= 0.6 is 0 Å². The Balaban J connectivity index is 1.18. The first-order valence-corrected chi connectivity index (χ1v) is 18.2. The molecule has 0 spiro atoms. The highest BCUT2D eigenvalue weighted by Crippen LogP contribution is 2.75. The number of hydrogen-bond donors (Lipinski definition) is 0. The number of esters is 2. The number of hydrogen-bond acceptors (Lipinski definition) is 5. The van der Waals surface area contributed by atoms with Crippen LogP contribution in [0.3, 0.4) is 0 Å². The first-order valence-electron chi connectivity index (χ1n) is 18.2. The number of benzene rings is 1. The fourth-order valence-corrected chi connectivity index (χ4v) is 11.7. The predicted molar refractivity (Wildman–Crippen MR) is 180 cm³/mol. The van der Waals surface area contributed by atoms with Gasteiger partial charge in [-0.2, -0.15) is 0 Å². The van der Waals surface area contributed by atoms with Crippen molar-refractivity contribution >= 4 is 17.7 Å². The van der Waals surface area contributed by atoms with Crippen LogP contribution in [0.1, 0.15) is 131 Å². The van der Waals surface area contributed by atoms with Crippen molar-refractivity contribution in [1.82, 2.24) is 0 Å². The molecule has 0 heterocycles. The third-order valence-corrected chi connectivity index (χ3v) is 14.9. The van der Waals surface area contributed by atoms with Gasteiger partial charge in [0.15, 0.2) is 0 Å². The van der Waals surface area contributed by atoms with Crippen molar-refractivity contribution in [2.45, 2.75) is 132 Å². The van der Waals surface area contributed by atoms with Crippen LogP contribution in [0.5, 0.6) is 0 Å². The van der Waals surface area contributed by atoms with E-state index in [0.717, 1.165) is 63.4 Å². The van der Waals surface area contributed by atoms with Gasteiger partial charge in [-0.05, 0) is 103 Å². The van der Waals surface area contributed by atoms with Crippen molar-refractivity contribution in [1.29, 1.82) is 0 Å². The number of allylic oxidation sites excluding steroid dienone is 2. The molecule has 1 unspecified atom stereocenters. The first-order chi connectivity index (χ1) is 21.6. The maximum absolute atomic E-state index is 13.1. The van der Waals surface area contributed by atoms with Gasteiger partial charge in [0.25, 0.3) is 0 Å². The van der Waals surface area contributed by atoms with Gasteiger partial charge in [0.1, 0.15) is 12.4 Å². The molecule has 1 aromatic rings. The summed E-state index contributed by atoms with van der Waals surface area (Å²) in [5.41, 5.74) is 2.99. The lowest BCUT2D eigenvalue weighted by atomic mass is 9.33. The third-order valence-electron chi connectivity index (χ3n) is 14.9. The van der Waals surface area contributed by atoms with E-state index in [2.05, 4.69) is 54.5 Å². The number of Topliss-reactive ketones (excluding diaryl/α,β-unsaturated/α-hetero) is 1. The molecule has 0 bridgehead atoms. The molecular formula is C41H58O5. The van der Waals surface area contributed by atoms with Gasteiger partial charge in [-0.15, -0.1) is 0 Å². The summed E-state index contributed by atoms with van der Waals surface area (Å²) in [6.07, 6.45) is 13.4. The van der Waals surface area contributed by atoms with Crippen LogP contribution in [0.15, 0.2) is 42.0 Å². The van der Waals surface area contributed by atoms with Gasteiger partial charge in [0.05, 0.1) is 19.4 Å². The molecule has 0 radical (unpaired) electrons. The minimum absolute atomic E-state index is 0.0419. The lowest BCUT2D eigenvalue weighted by molar-refractivity contribution is -0.188. The van der Waals surface area contributed by atoms with Crippen molar-refractivity contribution in [3.8, 4) is 0 Å². The highest BCUT2D eigenvalue weighted by molar-refractivity contribution is 5.85. The van der Waals surface area contributed by atoms with Crippen LogP contribution < -0.4 is 0 Å². The van der Waals surface area contributed by atoms with Gasteiger partial charge < -0.3 is 9.47 Å². The SMILES string of the molecule is CC1(C)CC[C@]2(COC(=O)CCC(=O)OCc3ccccc3)CC[C@]3(C)C(=CCC4[C@@]5(C)CCC(=O)C(C)(C)[C@@H]5CC[C@]43C)[C@@H]2C1. The van der Waals surface area contributed by atoms with E-state index >= 15 is 0 Å². The van der Waals surface area contributed by atoms with Crippen molar-refractivity contribution in [2.24, 2.45) is 50.2 Å². The maximum atomic E-state index is 13.1. The Bertz CT molecular complexity index is 1390. The number of ether oxygens (including phenoxy) is 2. The Kier molecular flexibility index (Phi) is 8.45. The van der Waals surface area contributed by atoms with Gasteiger partial charge in [-0.25, -0.2) is 0 Å². The van der Waals surface area contributed by atoms with Crippen molar-refractivity contribution < 1.29 is 23.9 Å². The van der Waals surface area contributed by atoms with Crippen molar-refractivity contribution in [2.75, 3.05) is 6.61 Å². The Hall–Kier alpha value is -2.43. The zero-order chi connectivity index (χ0) is 33.2. The summed E-state index contributed by atoms with van der Waals surface area (Å²) in [5.74, 6) is 1.21. The van der Waals surface area contributed by atoms with E-state index in [1.807, 2.05) is 30.3 Å². The maximum Gasteiger partial charge on any atom is 0.306 e. The molecule has 7 atom stereocenters. The number of carbonyl (C=O) groups excluding carboxylic acids is 3. The fraction of sp³-hybridized carbons (Fsp3) is 0.732. The van der Waals surface area contributed by atoms with E-state index in [-0.39, 0.29) is 63.9 Å². The molecule has 4 saturated carbocycles. The molecule has 0 aliphatic heterocycles. The largest absolute Gasteiger partial charge is 0.465 e. The summed E-state index contributed by atoms with van der Waals surface area (Å²) in [7, 11) is 0. The molecule has 252 valence electrons. The van der Waals surface area contributed by atoms with Gasteiger partial charge in [0.2, 0.25) is 0 Å². The van der Waals surface area contributed by atoms with Gasteiger partial charge in [-0.3, -0.25) is 14.4 Å². The minimum Gasteiger partial charge on any atom is -0.465 e. The fourth-order valence-electron chi connectivity index (χ4n) is 11.7. The van der Waals surface area contributed by atoms with Crippen molar-refractivity contribution in [3.63, 3.8) is 0 Å². The summed E-state index contributed by atoms with van der Waals surface area (Å²) >= 11 is 0. The monoisotopic (exact) mass is 630 g/mol. The number of carbonyl (C=O) groups is 3. The van der Waals surface area contributed by atoms with Gasteiger partial charge >= 0.3 is 11.9 Å². The summed E-state index contributed by atoms with van der Waals surface area (Å²) in [4.78, 5) is 38.5. The minimum atomic E-state index is -0.367. The molecule has 0 saturated heterocycles. The second kappa shape index (κ2) is 11.6. The van der Waals surface area contributed by atoms with Crippen LogP contribution in [-0.4, -0.2) is 24.3 Å². The van der Waals surface area contributed by atoms with Crippen molar-refractivity contribution in [3.05, 3.63) is 47.5 Å². The van der Waals surface area contributed by atoms with Crippen LogP contribution in [0, 0.1) is 50.2 Å². The number of fused-ring (bicyclic) bond motifs is 7. The topological polar surface area (TPSA) is 69.7 Å². The average Bonchev–Trinajstić information content (AvgIpc) is 3.01. The van der Waals surface area contributed by atoms with E-state index in [0.29, 0.717) is 30.1 Å².